The summed E-state index contributed by atoms with van der Waals surface area (Å²) >= 11 is 0. The van der Waals surface area contributed by atoms with E-state index in [1.807, 2.05) is 42.5 Å². The Bertz CT molecular complexity index is 974. The van der Waals surface area contributed by atoms with E-state index in [1.165, 1.54) is 4.90 Å². The summed E-state index contributed by atoms with van der Waals surface area (Å²) < 4.78 is 0. The molecule has 0 saturated heterocycles. The van der Waals surface area contributed by atoms with E-state index in [-0.39, 0.29) is 11.8 Å². The zero-order chi connectivity index (χ0) is 16.7. The Morgan fingerprint density at radius 3 is 2.50 bits per heavy atom. The number of nitrogens with zero attached hydrogens (tertiary/aromatic N) is 1. The van der Waals surface area contributed by atoms with Crippen LogP contribution in [0.2, 0.25) is 0 Å². The van der Waals surface area contributed by atoms with Gasteiger partial charge < -0.3 is 0 Å². The predicted octanol–water partition coefficient (Wildman–Crippen LogP) is 4.78. The molecular formula is C21H19NO2. The van der Waals surface area contributed by atoms with Crippen LogP contribution in [0.15, 0.2) is 48.5 Å². The molecule has 3 heteroatoms. The van der Waals surface area contributed by atoms with Crippen molar-refractivity contribution in [1.29, 1.82) is 0 Å². The molecule has 0 atom stereocenters. The number of unbranched alkanes of at least 4 members (excludes halogenated alkanes) is 2. The van der Waals surface area contributed by atoms with E-state index in [9.17, 15) is 9.59 Å². The number of carbonyl (C=O) groups is 2. The smallest absolute Gasteiger partial charge is 0.262 e. The van der Waals surface area contributed by atoms with E-state index in [0.717, 1.165) is 40.8 Å². The SMILES string of the molecule is CCCCCN1C(=O)c2cccc3cc4ccccc4c(c23)C1=O. The standard InChI is InChI=1S/C21H19NO2/c1-2-3-6-12-22-20(23)17-11-7-9-15-13-14-8-4-5-10-16(14)19(18(15)17)21(22)24/h4-5,7-11,13H,2-3,6,12H2,1H3. The topological polar surface area (TPSA) is 37.4 Å². The van der Waals surface area contributed by atoms with Crippen molar-refractivity contribution >= 4 is 33.4 Å². The number of imide groups is 1. The maximum Gasteiger partial charge on any atom is 0.262 e. The molecule has 0 aliphatic carbocycles. The number of benzene rings is 3. The Hall–Kier alpha value is -2.68. The van der Waals surface area contributed by atoms with Gasteiger partial charge in [0.2, 0.25) is 0 Å². The number of fused-ring (bicyclic) bond motifs is 2. The fraction of sp³-hybridized carbons (Fsp3) is 0.238. The van der Waals surface area contributed by atoms with Crippen molar-refractivity contribution in [2.75, 3.05) is 6.54 Å². The first kappa shape index (κ1) is 14.9. The minimum absolute atomic E-state index is 0.156. The number of carbonyl (C=O) groups excluding carboxylic acids is 2. The largest absolute Gasteiger partial charge is 0.274 e. The Morgan fingerprint density at radius 2 is 1.67 bits per heavy atom. The molecule has 0 fully saturated rings. The van der Waals surface area contributed by atoms with E-state index in [0.29, 0.717) is 17.7 Å². The van der Waals surface area contributed by atoms with Crippen LogP contribution in [0.3, 0.4) is 0 Å². The average molecular weight is 317 g/mol. The van der Waals surface area contributed by atoms with Crippen molar-refractivity contribution in [3.63, 3.8) is 0 Å². The molecule has 120 valence electrons. The van der Waals surface area contributed by atoms with E-state index < -0.39 is 0 Å². The van der Waals surface area contributed by atoms with Crippen LogP contribution >= 0.6 is 0 Å². The first-order valence-electron chi connectivity index (χ1n) is 8.53. The van der Waals surface area contributed by atoms with Crippen molar-refractivity contribution < 1.29 is 9.59 Å². The van der Waals surface area contributed by atoms with Crippen molar-refractivity contribution in [3.05, 3.63) is 59.7 Å². The van der Waals surface area contributed by atoms with Gasteiger partial charge in [-0.15, -0.1) is 0 Å². The molecule has 0 radical (unpaired) electrons. The lowest BCUT2D eigenvalue weighted by Gasteiger charge is -2.28. The van der Waals surface area contributed by atoms with Crippen LogP contribution in [0.25, 0.3) is 21.5 Å². The zero-order valence-corrected chi connectivity index (χ0v) is 13.7. The Balaban J connectivity index is 1.98. The maximum atomic E-state index is 13.1. The summed E-state index contributed by atoms with van der Waals surface area (Å²) in [6.07, 6.45) is 2.93. The van der Waals surface area contributed by atoms with Crippen LogP contribution in [0, 0.1) is 0 Å². The molecule has 1 heterocycles. The van der Waals surface area contributed by atoms with Gasteiger partial charge in [0.25, 0.3) is 11.8 Å². The Morgan fingerprint density at radius 1 is 0.875 bits per heavy atom. The Kier molecular flexibility index (Phi) is 3.57. The molecule has 3 aromatic carbocycles. The molecule has 0 spiro atoms. The highest BCUT2D eigenvalue weighted by Crippen LogP contribution is 2.35. The van der Waals surface area contributed by atoms with Crippen LogP contribution in [0.5, 0.6) is 0 Å². The van der Waals surface area contributed by atoms with Gasteiger partial charge in [-0.05, 0) is 34.7 Å². The summed E-state index contributed by atoms with van der Waals surface area (Å²) in [5.41, 5.74) is 1.32. The lowest BCUT2D eigenvalue weighted by atomic mass is 9.89. The molecule has 24 heavy (non-hydrogen) atoms. The fourth-order valence-corrected chi connectivity index (χ4v) is 3.62. The second-order valence-electron chi connectivity index (χ2n) is 6.35. The second kappa shape index (κ2) is 5.75. The number of rotatable bonds is 4. The molecular weight excluding hydrogens is 298 g/mol. The van der Waals surface area contributed by atoms with Crippen LogP contribution in [0.4, 0.5) is 0 Å². The quantitative estimate of drug-likeness (QED) is 0.394. The summed E-state index contributed by atoms with van der Waals surface area (Å²) in [4.78, 5) is 27.4. The van der Waals surface area contributed by atoms with Gasteiger partial charge in [-0.3, -0.25) is 14.5 Å². The van der Waals surface area contributed by atoms with Crippen molar-refractivity contribution in [2.24, 2.45) is 0 Å². The second-order valence-corrected chi connectivity index (χ2v) is 6.35. The molecule has 3 nitrogen and oxygen atoms in total. The van der Waals surface area contributed by atoms with Crippen LogP contribution in [-0.4, -0.2) is 23.3 Å². The van der Waals surface area contributed by atoms with Crippen LogP contribution < -0.4 is 0 Å². The summed E-state index contributed by atoms with van der Waals surface area (Å²) in [5.74, 6) is -0.318. The highest BCUT2D eigenvalue weighted by Gasteiger charge is 2.33. The zero-order valence-electron chi connectivity index (χ0n) is 13.7. The molecule has 0 saturated carbocycles. The van der Waals surface area contributed by atoms with Crippen LogP contribution in [0.1, 0.15) is 46.9 Å². The number of hydrogen-bond acceptors (Lipinski definition) is 2. The molecule has 2 amide bonds. The number of hydrogen-bond donors (Lipinski definition) is 0. The minimum Gasteiger partial charge on any atom is -0.274 e. The molecule has 1 aliphatic rings. The first-order chi connectivity index (χ1) is 11.7. The lowest BCUT2D eigenvalue weighted by molar-refractivity contribution is 0.0609. The van der Waals surface area contributed by atoms with Crippen molar-refractivity contribution in [3.8, 4) is 0 Å². The molecule has 0 unspecified atom stereocenters. The summed E-state index contributed by atoms with van der Waals surface area (Å²) in [6.45, 7) is 2.61. The fourth-order valence-electron chi connectivity index (χ4n) is 3.62. The van der Waals surface area contributed by atoms with E-state index >= 15 is 0 Å². The summed E-state index contributed by atoms with van der Waals surface area (Å²) in [5, 5.41) is 3.72. The highest BCUT2D eigenvalue weighted by molar-refractivity contribution is 6.30. The third-order valence-corrected chi connectivity index (χ3v) is 4.81. The van der Waals surface area contributed by atoms with Crippen LogP contribution in [-0.2, 0) is 0 Å². The maximum absolute atomic E-state index is 13.1. The van der Waals surface area contributed by atoms with E-state index in [2.05, 4.69) is 13.0 Å². The number of amides is 2. The normalized spacial score (nSPS) is 14.0. The molecule has 0 aromatic heterocycles. The summed E-state index contributed by atoms with van der Waals surface area (Å²) in [6, 6.07) is 15.7. The van der Waals surface area contributed by atoms with Crippen molar-refractivity contribution in [1.82, 2.24) is 4.90 Å². The van der Waals surface area contributed by atoms with E-state index in [4.69, 9.17) is 0 Å². The van der Waals surface area contributed by atoms with E-state index in [1.54, 1.807) is 0 Å². The molecule has 4 rings (SSSR count). The van der Waals surface area contributed by atoms with Crippen molar-refractivity contribution in [2.45, 2.75) is 26.2 Å². The third kappa shape index (κ3) is 2.12. The minimum atomic E-state index is -0.163. The van der Waals surface area contributed by atoms with Gasteiger partial charge in [-0.2, -0.15) is 0 Å². The highest BCUT2D eigenvalue weighted by atomic mass is 16.2. The van der Waals surface area contributed by atoms with Gasteiger partial charge in [0.05, 0.1) is 5.56 Å². The molecule has 3 aromatic rings. The lowest BCUT2D eigenvalue weighted by Crippen LogP contribution is -2.41. The Labute approximate surface area is 140 Å². The summed E-state index contributed by atoms with van der Waals surface area (Å²) in [7, 11) is 0. The van der Waals surface area contributed by atoms with Gasteiger partial charge >= 0.3 is 0 Å². The van der Waals surface area contributed by atoms with Gasteiger partial charge in [0.15, 0.2) is 0 Å². The first-order valence-corrected chi connectivity index (χ1v) is 8.53. The van der Waals surface area contributed by atoms with Gasteiger partial charge in [0, 0.05) is 17.5 Å². The van der Waals surface area contributed by atoms with Gasteiger partial charge in [-0.25, -0.2) is 0 Å². The van der Waals surface area contributed by atoms with Gasteiger partial charge in [0.1, 0.15) is 0 Å². The molecule has 0 bridgehead atoms. The molecule has 1 aliphatic heterocycles. The monoisotopic (exact) mass is 317 g/mol. The average Bonchev–Trinajstić information content (AvgIpc) is 2.61. The predicted molar refractivity (Wildman–Crippen MR) is 96.3 cm³/mol. The van der Waals surface area contributed by atoms with Gasteiger partial charge in [-0.1, -0.05) is 56.2 Å². The third-order valence-electron chi connectivity index (χ3n) is 4.81. The molecule has 0 N–H and O–H groups in total.